The molecule has 0 unspecified atom stereocenters. The Bertz CT molecular complexity index is 595. The van der Waals surface area contributed by atoms with E-state index in [2.05, 4.69) is 5.32 Å². The smallest absolute Gasteiger partial charge is 0.408 e. The quantitative estimate of drug-likeness (QED) is 0.627. The van der Waals surface area contributed by atoms with E-state index in [1.54, 1.807) is 0 Å². The van der Waals surface area contributed by atoms with Gasteiger partial charge in [-0.15, -0.1) is 0 Å². The van der Waals surface area contributed by atoms with Crippen LogP contribution in [0.3, 0.4) is 0 Å². The summed E-state index contributed by atoms with van der Waals surface area (Å²) in [5.74, 6) is -0.921. The molecule has 2 aliphatic rings. The maximum absolute atomic E-state index is 11.9. The van der Waals surface area contributed by atoms with Gasteiger partial charge in [-0.1, -0.05) is 30.3 Å². The third-order valence-electron chi connectivity index (χ3n) is 4.11. The number of carbonyl (C=O) groups excluding carboxylic acids is 2. The summed E-state index contributed by atoms with van der Waals surface area (Å²) in [6, 6.07) is 8.37. The van der Waals surface area contributed by atoms with Crippen LogP contribution < -0.4 is 5.32 Å². The van der Waals surface area contributed by atoms with Crippen LogP contribution >= 0.6 is 0 Å². The number of benzene rings is 1. The fourth-order valence-corrected chi connectivity index (χ4v) is 2.99. The van der Waals surface area contributed by atoms with Gasteiger partial charge in [0.15, 0.2) is 0 Å². The van der Waals surface area contributed by atoms with Gasteiger partial charge in [-0.3, -0.25) is 14.5 Å². The molecule has 0 aliphatic carbocycles. The van der Waals surface area contributed by atoms with Crippen molar-refractivity contribution in [2.24, 2.45) is 5.92 Å². The predicted molar refractivity (Wildman–Crippen MR) is 74.8 cm³/mol. The van der Waals surface area contributed by atoms with E-state index in [4.69, 9.17) is 9.84 Å². The first-order valence-corrected chi connectivity index (χ1v) is 7.06. The van der Waals surface area contributed by atoms with Crippen LogP contribution in [0.4, 0.5) is 4.79 Å². The summed E-state index contributed by atoms with van der Waals surface area (Å²) in [7, 11) is 0. The molecule has 3 atom stereocenters. The topological polar surface area (TPSA) is 95.9 Å². The van der Waals surface area contributed by atoms with Crippen LogP contribution in [0.2, 0.25) is 0 Å². The van der Waals surface area contributed by atoms with Crippen LogP contribution in [0, 0.1) is 5.92 Å². The lowest BCUT2D eigenvalue weighted by Crippen LogP contribution is -2.66. The van der Waals surface area contributed by atoms with Crippen LogP contribution in [0.25, 0.3) is 0 Å². The molecule has 0 bridgehead atoms. The summed E-state index contributed by atoms with van der Waals surface area (Å²) in [4.78, 5) is 35.5. The first-order chi connectivity index (χ1) is 10.6. The molecule has 0 radical (unpaired) electrons. The second kappa shape index (κ2) is 5.67. The number of nitrogens with one attached hydrogen (secondary N) is 1. The number of hydrogen-bond acceptors (Lipinski definition) is 4. The molecule has 2 saturated heterocycles. The molecule has 2 amide bonds. The second-order valence-corrected chi connectivity index (χ2v) is 5.52. The third kappa shape index (κ3) is 2.61. The second-order valence-electron chi connectivity index (χ2n) is 5.52. The van der Waals surface area contributed by atoms with Crippen LogP contribution in [0.15, 0.2) is 30.3 Å². The number of amides is 2. The highest BCUT2D eigenvalue weighted by Crippen LogP contribution is 2.32. The number of esters is 1. The summed E-state index contributed by atoms with van der Waals surface area (Å²) in [5, 5.41) is 11.8. The molecule has 2 heterocycles. The summed E-state index contributed by atoms with van der Waals surface area (Å²) >= 11 is 0. The van der Waals surface area contributed by atoms with Crippen molar-refractivity contribution in [3.63, 3.8) is 0 Å². The molecule has 3 rings (SSSR count). The number of hydrogen-bond donors (Lipinski definition) is 2. The maximum atomic E-state index is 11.9. The van der Waals surface area contributed by atoms with Crippen LogP contribution in [-0.2, 0) is 20.9 Å². The number of fused-ring (bicyclic) bond motifs is 1. The number of ether oxygens (including phenoxy) is 1. The van der Waals surface area contributed by atoms with Gasteiger partial charge in [0, 0.05) is 12.5 Å². The normalized spacial score (nSPS) is 25.9. The summed E-state index contributed by atoms with van der Waals surface area (Å²) in [6.07, 6.45) is -1.04. The van der Waals surface area contributed by atoms with Gasteiger partial charge in [0.05, 0.1) is 12.5 Å². The van der Waals surface area contributed by atoms with E-state index in [9.17, 15) is 14.4 Å². The molecule has 1 aromatic rings. The Morgan fingerprint density at radius 2 is 2.05 bits per heavy atom. The van der Waals surface area contributed by atoms with Crippen LogP contribution in [0.5, 0.6) is 0 Å². The summed E-state index contributed by atoms with van der Waals surface area (Å²) < 4.78 is 5.20. The van der Waals surface area contributed by atoms with E-state index in [0.29, 0.717) is 0 Å². The molecule has 22 heavy (non-hydrogen) atoms. The Morgan fingerprint density at radius 3 is 2.64 bits per heavy atom. The van der Waals surface area contributed by atoms with Gasteiger partial charge in [-0.25, -0.2) is 4.79 Å². The number of carboxylic acid groups (broad SMARTS) is 1. The summed E-state index contributed by atoms with van der Waals surface area (Å²) in [5.41, 5.74) is 0.893. The monoisotopic (exact) mass is 304 g/mol. The van der Waals surface area contributed by atoms with Crippen molar-refractivity contribution in [2.45, 2.75) is 25.1 Å². The SMILES string of the molecule is O=C(C[C@@H]1CN(C(=O)O)[C@@H]2C(=O)N[C@H]12)OCc1ccccc1. The molecule has 7 heteroatoms. The molecular weight excluding hydrogens is 288 g/mol. The average Bonchev–Trinajstić information content (AvgIpc) is 2.79. The van der Waals surface area contributed by atoms with Crippen molar-refractivity contribution in [1.29, 1.82) is 0 Å². The van der Waals surface area contributed by atoms with Gasteiger partial charge in [0.2, 0.25) is 5.91 Å². The van der Waals surface area contributed by atoms with E-state index >= 15 is 0 Å². The van der Waals surface area contributed by atoms with E-state index in [1.165, 1.54) is 0 Å². The van der Waals surface area contributed by atoms with E-state index in [0.717, 1.165) is 10.5 Å². The first-order valence-electron chi connectivity index (χ1n) is 7.06. The lowest BCUT2D eigenvalue weighted by molar-refractivity contribution is -0.147. The van der Waals surface area contributed by atoms with Crippen molar-refractivity contribution >= 4 is 18.0 Å². The Morgan fingerprint density at radius 1 is 1.32 bits per heavy atom. The lowest BCUT2D eigenvalue weighted by Gasteiger charge is -2.35. The molecule has 116 valence electrons. The number of likely N-dealkylation sites (tertiary alicyclic amines) is 1. The predicted octanol–water partition coefficient (Wildman–Crippen LogP) is 0.597. The van der Waals surface area contributed by atoms with Crippen molar-refractivity contribution in [2.75, 3.05) is 6.54 Å². The summed E-state index contributed by atoms with van der Waals surface area (Å²) in [6.45, 7) is 0.360. The van der Waals surface area contributed by atoms with Gasteiger partial charge in [0.1, 0.15) is 12.6 Å². The molecule has 2 fully saturated rings. The van der Waals surface area contributed by atoms with Gasteiger partial charge in [-0.05, 0) is 5.56 Å². The minimum absolute atomic E-state index is 0.0953. The fraction of sp³-hybridized carbons (Fsp3) is 0.400. The van der Waals surface area contributed by atoms with Gasteiger partial charge in [0.25, 0.3) is 0 Å². The van der Waals surface area contributed by atoms with Crippen LogP contribution in [-0.4, -0.2) is 46.6 Å². The van der Waals surface area contributed by atoms with Crippen LogP contribution in [0.1, 0.15) is 12.0 Å². The van der Waals surface area contributed by atoms with Gasteiger partial charge < -0.3 is 15.2 Å². The molecule has 7 nitrogen and oxygen atoms in total. The number of nitrogens with zero attached hydrogens (tertiary/aromatic N) is 1. The molecule has 2 aliphatic heterocycles. The molecule has 1 aromatic carbocycles. The minimum Gasteiger partial charge on any atom is -0.465 e. The zero-order valence-corrected chi connectivity index (χ0v) is 11.8. The van der Waals surface area contributed by atoms with Crippen molar-refractivity contribution < 1.29 is 24.2 Å². The number of β-lactam (4-membered cyclic amide) rings is 1. The standard InChI is InChI=1S/C15H16N2O5/c18-11(22-8-9-4-2-1-3-5-9)6-10-7-17(15(20)21)13-12(10)16-14(13)19/h1-5,10,12-13H,6-8H2,(H,16,19)(H,20,21)/t10-,12-,13+/m1/s1. The van der Waals surface area contributed by atoms with E-state index in [-0.39, 0.29) is 43.4 Å². The molecular formula is C15H16N2O5. The average molecular weight is 304 g/mol. The van der Waals surface area contributed by atoms with Crippen molar-refractivity contribution in [3.05, 3.63) is 35.9 Å². The van der Waals surface area contributed by atoms with Gasteiger partial charge >= 0.3 is 12.1 Å². The van der Waals surface area contributed by atoms with E-state index < -0.39 is 12.1 Å². The van der Waals surface area contributed by atoms with Gasteiger partial charge in [-0.2, -0.15) is 0 Å². The Labute approximate surface area is 126 Å². The number of rotatable bonds is 4. The number of carbonyl (C=O) groups is 3. The lowest BCUT2D eigenvalue weighted by atomic mass is 9.89. The van der Waals surface area contributed by atoms with E-state index in [1.807, 2.05) is 30.3 Å². The minimum atomic E-state index is -1.13. The zero-order chi connectivity index (χ0) is 15.7. The molecule has 0 saturated carbocycles. The molecule has 0 aromatic heterocycles. The van der Waals surface area contributed by atoms with Crippen molar-refractivity contribution in [1.82, 2.24) is 10.2 Å². The largest absolute Gasteiger partial charge is 0.465 e. The molecule has 2 N–H and O–H groups in total. The third-order valence-corrected chi connectivity index (χ3v) is 4.11. The fourth-order valence-electron chi connectivity index (χ4n) is 2.99. The highest BCUT2D eigenvalue weighted by atomic mass is 16.5. The maximum Gasteiger partial charge on any atom is 0.408 e. The highest BCUT2D eigenvalue weighted by molar-refractivity contribution is 5.93. The Hall–Kier alpha value is -2.57. The zero-order valence-electron chi connectivity index (χ0n) is 11.8. The van der Waals surface area contributed by atoms with Crippen molar-refractivity contribution in [3.8, 4) is 0 Å². The Balaban J connectivity index is 1.54. The first kappa shape index (κ1) is 14.4. The molecule has 0 spiro atoms. The Kier molecular flexibility index (Phi) is 3.70. The highest BCUT2D eigenvalue weighted by Gasteiger charge is 2.55.